The number of unbranched alkanes of at least 4 members (excludes halogenated alkanes) is 1. The van der Waals surface area contributed by atoms with Gasteiger partial charge in [0.05, 0.1) is 5.56 Å². The van der Waals surface area contributed by atoms with Crippen LogP contribution in [-0.2, 0) is 0 Å². The molecule has 1 amide bonds. The molecule has 106 valence electrons. The van der Waals surface area contributed by atoms with E-state index in [1.54, 1.807) is 18.2 Å². The van der Waals surface area contributed by atoms with E-state index in [9.17, 15) is 4.79 Å². The molecule has 0 saturated heterocycles. The molecule has 6 heteroatoms. The Hall–Kier alpha value is -1.46. The lowest BCUT2D eigenvalue weighted by Crippen LogP contribution is -2.27. The van der Waals surface area contributed by atoms with Crippen molar-refractivity contribution in [2.45, 2.75) is 12.8 Å². The van der Waals surface area contributed by atoms with Crippen LogP contribution >= 0.6 is 12.4 Å². The number of carbonyl (C=O) groups excluding carboxylic acids is 1. The third-order valence-electron chi connectivity index (χ3n) is 2.73. The van der Waals surface area contributed by atoms with Crippen molar-refractivity contribution >= 4 is 18.3 Å². The molecule has 1 aliphatic rings. The fourth-order valence-corrected chi connectivity index (χ4v) is 1.82. The van der Waals surface area contributed by atoms with E-state index in [4.69, 9.17) is 15.2 Å². The number of carbonyl (C=O) groups is 1. The quantitative estimate of drug-likeness (QED) is 0.802. The lowest BCUT2D eigenvalue weighted by atomic mass is 10.1. The molecular formula is C13H19ClN2O3. The van der Waals surface area contributed by atoms with Gasteiger partial charge in [-0.3, -0.25) is 4.79 Å². The SMILES string of the molecule is Cl.NCCCCNC(=O)c1cccc2c1OCCO2. The van der Waals surface area contributed by atoms with Gasteiger partial charge in [-0.05, 0) is 31.5 Å². The Labute approximate surface area is 118 Å². The summed E-state index contributed by atoms with van der Waals surface area (Å²) in [6, 6.07) is 5.34. The minimum atomic E-state index is -0.130. The van der Waals surface area contributed by atoms with Crippen molar-refractivity contribution in [1.82, 2.24) is 5.32 Å². The molecule has 3 N–H and O–H groups in total. The molecule has 0 bridgehead atoms. The molecule has 0 spiro atoms. The van der Waals surface area contributed by atoms with Gasteiger partial charge in [0.2, 0.25) is 0 Å². The zero-order valence-corrected chi connectivity index (χ0v) is 11.5. The summed E-state index contributed by atoms with van der Waals surface area (Å²) < 4.78 is 10.9. The smallest absolute Gasteiger partial charge is 0.255 e. The van der Waals surface area contributed by atoms with Gasteiger partial charge in [0.15, 0.2) is 11.5 Å². The summed E-state index contributed by atoms with van der Waals surface area (Å²) in [6.07, 6.45) is 1.79. The summed E-state index contributed by atoms with van der Waals surface area (Å²) in [6.45, 7) is 2.27. The zero-order chi connectivity index (χ0) is 12.8. The highest BCUT2D eigenvalue weighted by Crippen LogP contribution is 2.33. The predicted molar refractivity (Wildman–Crippen MR) is 75.3 cm³/mol. The monoisotopic (exact) mass is 286 g/mol. The van der Waals surface area contributed by atoms with Gasteiger partial charge >= 0.3 is 0 Å². The Kier molecular flexibility index (Phi) is 6.45. The van der Waals surface area contributed by atoms with Crippen LogP contribution < -0.4 is 20.5 Å². The van der Waals surface area contributed by atoms with Crippen molar-refractivity contribution in [3.63, 3.8) is 0 Å². The van der Waals surface area contributed by atoms with E-state index in [1.165, 1.54) is 0 Å². The Morgan fingerprint density at radius 3 is 2.84 bits per heavy atom. The second kappa shape index (κ2) is 7.86. The molecule has 0 aromatic heterocycles. The van der Waals surface area contributed by atoms with E-state index < -0.39 is 0 Å². The second-order valence-corrected chi connectivity index (χ2v) is 4.08. The van der Waals surface area contributed by atoms with Crippen molar-refractivity contribution in [2.75, 3.05) is 26.3 Å². The van der Waals surface area contributed by atoms with Crippen molar-refractivity contribution in [1.29, 1.82) is 0 Å². The summed E-state index contributed by atoms with van der Waals surface area (Å²) in [5, 5.41) is 2.85. The van der Waals surface area contributed by atoms with Crippen molar-refractivity contribution in [2.24, 2.45) is 5.73 Å². The Morgan fingerprint density at radius 1 is 1.26 bits per heavy atom. The summed E-state index contributed by atoms with van der Waals surface area (Å²) in [5.41, 5.74) is 5.93. The lowest BCUT2D eigenvalue weighted by molar-refractivity contribution is 0.0942. The molecule has 0 radical (unpaired) electrons. The van der Waals surface area contributed by atoms with Gasteiger partial charge in [-0.25, -0.2) is 0 Å². The number of fused-ring (bicyclic) bond motifs is 1. The molecule has 0 aliphatic carbocycles. The van der Waals surface area contributed by atoms with E-state index >= 15 is 0 Å². The van der Waals surface area contributed by atoms with Crippen LogP contribution in [0, 0.1) is 0 Å². The number of rotatable bonds is 5. The Morgan fingerprint density at radius 2 is 2.05 bits per heavy atom. The molecule has 5 nitrogen and oxygen atoms in total. The average Bonchev–Trinajstić information content (AvgIpc) is 2.43. The van der Waals surface area contributed by atoms with Gasteiger partial charge < -0.3 is 20.5 Å². The van der Waals surface area contributed by atoms with Crippen LogP contribution in [0.15, 0.2) is 18.2 Å². The molecule has 0 unspecified atom stereocenters. The number of hydrogen-bond donors (Lipinski definition) is 2. The van der Waals surface area contributed by atoms with Gasteiger partial charge in [-0.15, -0.1) is 12.4 Å². The third kappa shape index (κ3) is 4.01. The highest BCUT2D eigenvalue weighted by atomic mass is 35.5. The number of nitrogens with two attached hydrogens (primary N) is 1. The minimum absolute atomic E-state index is 0. The Balaban J connectivity index is 0.00000180. The molecule has 1 heterocycles. The van der Waals surface area contributed by atoms with E-state index in [0.717, 1.165) is 12.8 Å². The third-order valence-corrected chi connectivity index (χ3v) is 2.73. The molecule has 1 aliphatic heterocycles. The van der Waals surface area contributed by atoms with E-state index in [1.807, 2.05) is 0 Å². The fourth-order valence-electron chi connectivity index (χ4n) is 1.82. The van der Waals surface area contributed by atoms with Gasteiger partial charge in [-0.1, -0.05) is 6.07 Å². The van der Waals surface area contributed by atoms with Gasteiger partial charge in [0, 0.05) is 6.54 Å². The van der Waals surface area contributed by atoms with E-state index in [0.29, 0.717) is 43.4 Å². The number of amides is 1. The standard InChI is InChI=1S/C13H18N2O3.ClH/c14-6-1-2-7-15-13(16)10-4-3-5-11-12(10)18-9-8-17-11;/h3-5H,1-2,6-9,14H2,(H,15,16);1H. The fraction of sp³-hybridized carbons (Fsp3) is 0.462. The summed E-state index contributed by atoms with van der Waals surface area (Å²) in [5.74, 6) is 1.05. The molecule has 1 aromatic rings. The number of ether oxygens (including phenoxy) is 2. The molecule has 19 heavy (non-hydrogen) atoms. The van der Waals surface area contributed by atoms with Crippen LogP contribution in [0.25, 0.3) is 0 Å². The average molecular weight is 287 g/mol. The number of hydrogen-bond acceptors (Lipinski definition) is 4. The first-order chi connectivity index (χ1) is 8.83. The van der Waals surface area contributed by atoms with Crippen LogP contribution in [0.1, 0.15) is 23.2 Å². The maximum atomic E-state index is 12.0. The number of nitrogens with one attached hydrogen (secondary N) is 1. The normalized spacial score (nSPS) is 12.5. The van der Waals surface area contributed by atoms with Crippen molar-refractivity contribution < 1.29 is 14.3 Å². The van der Waals surface area contributed by atoms with Gasteiger partial charge in [0.1, 0.15) is 13.2 Å². The van der Waals surface area contributed by atoms with E-state index in [2.05, 4.69) is 5.32 Å². The number of para-hydroxylation sites is 1. The first-order valence-electron chi connectivity index (χ1n) is 6.20. The van der Waals surface area contributed by atoms with Crippen LogP contribution in [0.4, 0.5) is 0 Å². The maximum Gasteiger partial charge on any atom is 0.255 e. The molecule has 1 aromatic carbocycles. The zero-order valence-electron chi connectivity index (χ0n) is 10.7. The number of halogens is 1. The molecule has 0 saturated carbocycles. The predicted octanol–water partition coefficient (Wildman–Crippen LogP) is 1.35. The second-order valence-electron chi connectivity index (χ2n) is 4.08. The topological polar surface area (TPSA) is 73.6 Å². The number of benzene rings is 1. The maximum absolute atomic E-state index is 12.0. The highest BCUT2D eigenvalue weighted by Gasteiger charge is 2.19. The molecular weight excluding hydrogens is 268 g/mol. The van der Waals surface area contributed by atoms with Crippen LogP contribution in [0.3, 0.4) is 0 Å². The molecule has 0 atom stereocenters. The first kappa shape index (κ1) is 15.6. The highest BCUT2D eigenvalue weighted by molar-refractivity contribution is 5.97. The van der Waals surface area contributed by atoms with Gasteiger partial charge in [-0.2, -0.15) is 0 Å². The molecule has 0 fully saturated rings. The van der Waals surface area contributed by atoms with Crippen LogP contribution in [0.5, 0.6) is 11.5 Å². The van der Waals surface area contributed by atoms with Crippen LogP contribution in [-0.4, -0.2) is 32.2 Å². The lowest BCUT2D eigenvalue weighted by Gasteiger charge is -2.20. The summed E-state index contributed by atoms with van der Waals surface area (Å²) >= 11 is 0. The molecule has 2 rings (SSSR count). The summed E-state index contributed by atoms with van der Waals surface area (Å²) in [4.78, 5) is 12.0. The van der Waals surface area contributed by atoms with Crippen molar-refractivity contribution in [3.8, 4) is 11.5 Å². The van der Waals surface area contributed by atoms with Crippen LogP contribution in [0.2, 0.25) is 0 Å². The summed E-state index contributed by atoms with van der Waals surface area (Å²) in [7, 11) is 0. The van der Waals surface area contributed by atoms with Crippen molar-refractivity contribution in [3.05, 3.63) is 23.8 Å². The van der Waals surface area contributed by atoms with E-state index in [-0.39, 0.29) is 18.3 Å². The minimum Gasteiger partial charge on any atom is -0.486 e. The first-order valence-corrected chi connectivity index (χ1v) is 6.20. The largest absolute Gasteiger partial charge is 0.486 e. The van der Waals surface area contributed by atoms with Gasteiger partial charge in [0.25, 0.3) is 5.91 Å². The Bertz CT molecular complexity index is 426.